The number of anilines is 1. The molecule has 2 rings (SSSR count). The third kappa shape index (κ3) is 1.28. The lowest BCUT2D eigenvalue weighted by atomic mass is 10.2. The smallest absolute Gasteiger partial charge is 0.274 e. The van der Waals surface area contributed by atoms with Gasteiger partial charge < -0.3 is 15.1 Å². The molecule has 14 heavy (non-hydrogen) atoms. The first-order valence-electron chi connectivity index (χ1n) is 4.08. The first-order valence-corrected chi connectivity index (χ1v) is 4.08. The molecule has 0 spiro atoms. The Hall–Kier alpha value is -2.04. The molecule has 0 aliphatic heterocycles. The summed E-state index contributed by atoms with van der Waals surface area (Å²) in [5.74, 6) is 1.17. The van der Waals surface area contributed by atoms with Crippen LogP contribution in [0.3, 0.4) is 0 Å². The second kappa shape index (κ2) is 3.02. The molecule has 3 N–H and O–H groups in total. The number of nitrogens with two attached hydrogens (primary N) is 1. The van der Waals surface area contributed by atoms with Crippen LogP contribution in [0.15, 0.2) is 27.7 Å². The largest absolute Gasteiger partial charge is 0.469 e. The summed E-state index contributed by atoms with van der Waals surface area (Å²) in [4.78, 5) is 17.8. The highest BCUT2D eigenvalue weighted by atomic mass is 16.3. The number of nitrogen functional groups attached to an aromatic ring is 1. The van der Waals surface area contributed by atoms with E-state index in [1.54, 1.807) is 19.3 Å². The van der Waals surface area contributed by atoms with Gasteiger partial charge in [-0.1, -0.05) is 0 Å². The molecule has 0 saturated carbocycles. The minimum Gasteiger partial charge on any atom is -0.469 e. The van der Waals surface area contributed by atoms with Gasteiger partial charge in [-0.05, 0) is 13.0 Å². The summed E-state index contributed by atoms with van der Waals surface area (Å²) in [7, 11) is 0. The molecule has 72 valence electrons. The van der Waals surface area contributed by atoms with E-state index in [1.165, 1.54) is 6.20 Å². The van der Waals surface area contributed by atoms with Crippen molar-refractivity contribution in [3.05, 3.63) is 34.6 Å². The molecular weight excluding hydrogens is 182 g/mol. The third-order valence-electron chi connectivity index (χ3n) is 1.94. The monoisotopic (exact) mass is 191 g/mol. The molecule has 0 bridgehead atoms. The second-order valence-corrected chi connectivity index (χ2v) is 2.91. The lowest BCUT2D eigenvalue weighted by molar-refractivity contribution is 0.535. The van der Waals surface area contributed by atoms with Crippen LogP contribution in [0.2, 0.25) is 0 Å². The molecule has 0 fully saturated rings. The van der Waals surface area contributed by atoms with E-state index in [-0.39, 0.29) is 11.2 Å². The van der Waals surface area contributed by atoms with Gasteiger partial charge in [0, 0.05) is 0 Å². The Bertz CT molecular complexity index is 513. The molecule has 0 amide bonds. The fourth-order valence-corrected chi connectivity index (χ4v) is 1.17. The van der Waals surface area contributed by atoms with Crippen molar-refractivity contribution in [2.45, 2.75) is 6.92 Å². The summed E-state index contributed by atoms with van der Waals surface area (Å²) in [6.45, 7) is 1.80. The topological polar surface area (TPSA) is 84.9 Å². The lowest BCUT2D eigenvalue weighted by Gasteiger charge is -1.98. The number of furan rings is 1. The van der Waals surface area contributed by atoms with E-state index >= 15 is 0 Å². The average molecular weight is 191 g/mol. The maximum atomic E-state index is 11.2. The highest BCUT2D eigenvalue weighted by molar-refractivity contribution is 5.57. The summed E-state index contributed by atoms with van der Waals surface area (Å²) in [6.07, 6.45) is 2.88. The Balaban J connectivity index is 2.59. The zero-order valence-electron chi connectivity index (χ0n) is 7.57. The number of aryl methyl sites for hydroxylation is 1. The Morgan fingerprint density at radius 1 is 1.57 bits per heavy atom. The molecule has 2 aromatic rings. The molecule has 2 aromatic heterocycles. The van der Waals surface area contributed by atoms with Crippen molar-refractivity contribution in [2.24, 2.45) is 0 Å². The fourth-order valence-electron chi connectivity index (χ4n) is 1.17. The second-order valence-electron chi connectivity index (χ2n) is 2.91. The van der Waals surface area contributed by atoms with Crippen molar-refractivity contribution in [3.63, 3.8) is 0 Å². The Labute approximate surface area is 79.6 Å². The Morgan fingerprint density at radius 2 is 2.36 bits per heavy atom. The summed E-state index contributed by atoms with van der Waals surface area (Å²) in [5.41, 5.74) is 5.89. The number of aromatic nitrogens is 2. The maximum absolute atomic E-state index is 11.2. The number of H-pyrrole nitrogens is 1. The first kappa shape index (κ1) is 8.55. The molecule has 0 saturated heterocycles. The Kier molecular flexibility index (Phi) is 1.85. The van der Waals surface area contributed by atoms with Crippen LogP contribution < -0.4 is 11.3 Å². The van der Waals surface area contributed by atoms with Gasteiger partial charge in [0.1, 0.15) is 17.3 Å². The first-order chi connectivity index (χ1) is 6.68. The van der Waals surface area contributed by atoms with Gasteiger partial charge in [-0.3, -0.25) is 4.79 Å². The van der Waals surface area contributed by atoms with E-state index in [2.05, 4.69) is 9.97 Å². The van der Waals surface area contributed by atoms with Crippen molar-refractivity contribution < 1.29 is 4.42 Å². The number of aromatic amines is 1. The number of rotatable bonds is 1. The van der Waals surface area contributed by atoms with E-state index < -0.39 is 0 Å². The van der Waals surface area contributed by atoms with Crippen LogP contribution in [0.4, 0.5) is 5.69 Å². The van der Waals surface area contributed by atoms with Gasteiger partial charge in [0.2, 0.25) is 0 Å². The third-order valence-corrected chi connectivity index (χ3v) is 1.94. The Morgan fingerprint density at radius 3 is 2.93 bits per heavy atom. The molecule has 5 nitrogen and oxygen atoms in total. The molecule has 0 atom stereocenters. The number of nitrogens with one attached hydrogen (secondary N) is 1. The molecule has 0 unspecified atom stereocenters. The van der Waals surface area contributed by atoms with Gasteiger partial charge in [0.15, 0.2) is 0 Å². The molecule has 0 aliphatic rings. The fraction of sp³-hybridized carbons (Fsp3) is 0.111. The van der Waals surface area contributed by atoms with E-state index in [1.807, 2.05) is 0 Å². The van der Waals surface area contributed by atoms with Crippen LogP contribution in [-0.2, 0) is 0 Å². The minimum atomic E-state index is -0.337. The van der Waals surface area contributed by atoms with E-state index in [9.17, 15) is 4.79 Å². The van der Waals surface area contributed by atoms with E-state index in [0.717, 1.165) is 5.56 Å². The van der Waals surface area contributed by atoms with Gasteiger partial charge in [0.25, 0.3) is 5.56 Å². The summed E-state index contributed by atoms with van der Waals surface area (Å²) >= 11 is 0. The summed E-state index contributed by atoms with van der Waals surface area (Å²) in [6, 6.07) is 1.74. The van der Waals surface area contributed by atoms with Gasteiger partial charge in [-0.25, -0.2) is 4.98 Å². The minimum absolute atomic E-state index is 0.106. The molecule has 2 heterocycles. The molecular formula is C9H9N3O2. The summed E-state index contributed by atoms with van der Waals surface area (Å²) < 4.78 is 5.10. The van der Waals surface area contributed by atoms with E-state index in [0.29, 0.717) is 11.6 Å². The van der Waals surface area contributed by atoms with Crippen molar-refractivity contribution in [3.8, 4) is 11.4 Å². The van der Waals surface area contributed by atoms with Crippen LogP contribution in [0.25, 0.3) is 11.4 Å². The normalized spacial score (nSPS) is 10.4. The highest BCUT2D eigenvalue weighted by Gasteiger charge is 2.07. The van der Waals surface area contributed by atoms with Crippen LogP contribution in [-0.4, -0.2) is 9.97 Å². The van der Waals surface area contributed by atoms with Crippen LogP contribution >= 0.6 is 0 Å². The number of hydrogen-bond donors (Lipinski definition) is 2. The molecule has 5 heteroatoms. The van der Waals surface area contributed by atoms with Gasteiger partial charge in [-0.2, -0.15) is 0 Å². The molecule has 0 aromatic carbocycles. The molecule has 0 radical (unpaired) electrons. The van der Waals surface area contributed by atoms with Crippen molar-refractivity contribution >= 4 is 5.69 Å². The SMILES string of the molecule is Cc1occc1-c1ncc(N)c(=O)[nH]1. The maximum Gasteiger partial charge on any atom is 0.274 e. The zero-order chi connectivity index (χ0) is 10.1. The zero-order valence-corrected chi connectivity index (χ0v) is 7.57. The lowest BCUT2D eigenvalue weighted by Crippen LogP contribution is -2.13. The molecule has 0 aliphatic carbocycles. The number of nitrogens with zero attached hydrogens (tertiary/aromatic N) is 1. The van der Waals surface area contributed by atoms with Crippen LogP contribution in [0, 0.1) is 6.92 Å². The average Bonchev–Trinajstić information content (AvgIpc) is 2.57. The van der Waals surface area contributed by atoms with Crippen molar-refractivity contribution in [2.75, 3.05) is 5.73 Å². The summed E-state index contributed by atoms with van der Waals surface area (Å²) in [5, 5.41) is 0. The standard InChI is InChI=1S/C9H9N3O2/c1-5-6(2-3-14-5)8-11-4-7(10)9(13)12-8/h2-4H,10H2,1H3,(H,11,12,13). The van der Waals surface area contributed by atoms with Crippen LogP contribution in [0.5, 0.6) is 0 Å². The van der Waals surface area contributed by atoms with Gasteiger partial charge in [0.05, 0.1) is 18.0 Å². The van der Waals surface area contributed by atoms with Gasteiger partial charge in [-0.15, -0.1) is 0 Å². The highest BCUT2D eigenvalue weighted by Crippen LogP contribution is 2.19. The predicted molar refractivity (Wildman–Crippen MR) is 51.7 cm³/mol. The van der Waals surface area contributed by atoms with Crippen molar-refractivity contribution in [1.82, 2.24) is 9.97 Å². The van der Waals surface area contributed by atoms with Gasteiger partial charge >= 0.3 is 0 Å². The number of hydrogen-bond acceptors (Lipinski definition) is 4. The predicted octanol–water partition coefficient (Wildman–Crippen LogP) is 0.921. The van der Waals surface area contributed by atoms with Crippen molar-refractivity contribution in [1.29, 1.82) is 0 Å². The van der Waals surface area contributed by atoms with E-state index in [4.69, 9.17) is 10.2 Å². The van der Waals surface area contributed by atoms with Crippen LogP contribution in [0.1, 0.15) is 5.76 Å². The quantitative estimate of drug-likeness (QED) is 0.701.